The van der Waals surface area contributed by atoms with Crippen LogP contribution in [0.15, 0.2) is 50.6 Å². The molecule has 9 nitrogen and oxygen atoms in total. The van der Waals surface area contributed by atoms with E-state index in [0.29, 0.717) is 12.5 Å². The maximum absolute atomic E-state index is 15.7. The molecule has 2 heterocycles. The number of nitrogens with one attached hydrogen (secondary N) is 1. The number of halogens is 3. The van der Waals surface area contributed by atoms with E-state index in [2.05, 4.69) is 45.0 Å². The molecule has 1 aromatic heterocycles. The number of carbonyl (C=O) groups is 1. The van der Waals surface area contributed by atoms with E-state index in [1.807, 2.05) is 24.3 Å². The third kappa shape index (κ3) is 7.36. The van der Waals surface area contributed by atoms with Gasteiger partial charge in [-0.15, -0.1) is 15.6 Å². The Bertz CT molecular complexity index is 1570. The van der Waals surface area contributed by atoms with E-state index in [-0.39, 0.29) is 32.4 Å². The molecule has 0 atom stereocenters. The molecule has 1 aliphatic rings. The highest BCUT2D eigenvalue weighted by Gasteiger charge is 2.41. The van der Waals surface area contributed by atoms with Gasteiger partial charge in [0.15, 0.2) is 16.5 Å². The molecule has 0 radical (unpaired) electrons. The molecule has 1 saturated heterocycles. The molecule has 0 spiro atoms. The average Bonchev–Trinajstić information content (AvgIpc) is 3.40. The van der Waals surface area contributed by atoms with Crippen LogP contribution in [-0.2, 0) is 32.6 Å². The summed E-state index contributed by atoms with van der Waals surface area (Å²) < 4.78 is 69.0. The molecular formula is C29H35BrF2N4O5S2. The van der Waals surface area contributed by atoms with Gasteiger partial charge in [0.25, 0.3) is 10.0 Å². The van der Waals surface area contributed by atoms with Crippen LogP contribution in [0.3, 0.4) is 0 Å². The summed E-state index contributed by atoms with van der Waals surface area (Å²) in [5.74, 6) is -2.70. The van der Waals surface area contributed by atoms with E-state index in [0.717, 1.165) is 41.6 Å². The molecule has 1 fully saturated rings. The third-order valence-electron chi connectivity index (χ3n) is 7.25. The topological polar surface area (TPSA) is 101 Å². The van der Waals surface area contributed by atoms with Crippen LogP contribution in [0.4, 0.5) is 25.1 Å². The minimum Gasteiger partial charge on any atom is -0.443 e. The number of anilines is 2. The molecule has 234 valence electrons. The fraction of sp³-hybridized carbons (Fsp3) is 0.448. The van der Waals surface area contributed by atoms with Crippen LogP contribution in [0.5, 0.6) is 0 Å². The van der Waals surface area contributed by atoms with Crippen molar-refractivity contribution in [1.82, 2.24) is 9.88 Å². The monoisotopic (exact) mass is 700 g/mol. The SMILES string of the molecule is COC(C)(C)C1CN(Cc2ccccc2CNc2cc(F)c(S(=O)(=O)N(C(=O)OC(C)(C)C)c3cscn3)c(F)c2Br)C1. The molecule has 1 aliphatic heterocycles. The van der Waals surface area contributed by atoms with Gasteiger partial charge in [-0.05, 0) is 67.7 Å². The second-order valence-corrected chi connectivity index (χ2v) is 15.0. The molecule has 14 heteroatoms. The van der Waals surface area contributed by atoms with Crippen LogP contribution < -0.4 is 9.62 Å². The third-order valence-corrected chi connectivity index (χ3v) is 10.3. The van der Waals surface area contributed by atoms with Crippen molar-refractivity contribution in [3.63, 3.8) is 0 Å². The second-order valence-electron chi connectivity index (χ2n) is 11.8. The number of ether oxygens (including phenoxy) is 2. The smallest absolute Gasteiger partial charge is 0.430 e. The lowest BCUT2D eigenvalue weighted by Gasteiger charge is -2.47. The fourth-order valence-electron chi connectivity index (χ4n) is 4.58. The number of amides is 1. The molecule has 0 unspecified atom stereocenters. The van der Waals surface area contributed by atoms with Gasteiger partial charge in [-0.1, -0.05) is 24.3 Å². The minimum atomic E-state index is -5.12. The predicted octanol–water partition coefficient (Wildman–Crippen LogP) is 6.78. The van der Waals surface area contributed by atoms with Gasteiger partial charge in [-0.3, -0.25) is 4.90 Å². The Morgan fingerprint density at radius 1 is 1.19 bits per heavy atom. The Labute approximate surface area is 263 Å². The first kappa shape index (κ1) is 33.2. The van der Waals surface area contributed by atoms with E-state index in [1.165, 1.54) is 31.7 Å². The summed E-state index contributed by atoms with van der Waals surface area (Å²) in [5, 5.41) is 4.28. The first-order chi connectivity index (χ1) is 20.0. The van der Waals surface area contributed by atoms with Crippen LogP contribution in [0.25, 0.3) is 0 Å². The van der Waals surface area contributed by atoms with Gasteiger partial charge in [0.2, 0.25) is 0 Å². The standard InChI is InChI=1S/C29H35BrF2N4O5S2/c1-28(2,3)41-27(37)36(23-16-42-17-34-23)43(38,39)26-21(31)11-22(24(30)25(26)32)33-12-18-9-7-8-10-19(18)13-35-14-20(15-35)29(4,5)40-6/h7-11,16-17,20,33H,12-15H2,1-6H3. The fourth-order valence-corrected chi connectivity index (χ4v) is 7.14. The quantitative estimate of drug-likeness (QED) is 0.231. The number of rotatable bonds is 10. The Morgan fingerprint density at radius 3 is 2.42 bits per heavy atom. The van der Waals surface area contributed by atoms with Gasteiger partial charge < -0.3 is 14.8 Å². The number of thiazole rings is 1. The Morgan fingerprint density at radius 2 is 1.84 bits per heavy atom. The first-order valence-electron chi connectivity index (χ1n) is 13.5. The van der Waals surface area contributed by atoms with Gasteiger partial charge >= 0.3 is 6.09 Å². The number of sulfonamides is 1. The van der Waals surface area contributed by atoms with Crippen molar-refractivity contribution in [3.8, 4) is 0 Å². The number of likely N-dealkylation sites (tertiary alicyclic amines) is 1. The van der Waals surface area contributed by atoms with Crippen LogP contribution >= 0.6 is 27.3 Å². The molecule has 43 heavy (non-hydrogen) atoms. The van der Waals surface area contributed by atoms with E-state index in [9.17, 15) is 13.2 Å². The second kappa shape index (κ2) is 12.8. The van der Waals surface area contributed by atoms with Gasteiger partial charge in [-0.2, -0.15) is 0 Å². The minimum absolute atomic E-state index is 0.00656. The summed E-state index contributed by atoms with van der Waals surface area (Å²) in [6.07, 6.45) is -1.34. The van der Waals surface area contributed by atoms with Crippen LogP contribution in [-0.4, -0.2) is 55.8 Å². The lowest BCUT2D eigenvalue weighted by Crippen LogP contribution is -2.55. The normalized spacial score (nSPS) is 14.8. The lowest BCUT2D eigenvalue weighted by atomic mass is 9.84. The molecule has 0 bridgehead atoms. The summed E-state index contributed by atoms with van der Waals surface area (Å²) >= 11 is 4.09. The van der Waals surface area contributed by atoms with E-state index >= 15 is 8.78 Å². The van der Waals surface area contributed by atoms with Crippen LogP contribution in [0.1, 0.15) is 45.7 Å². The van der Waals surface area contributed by atoms with Crippen molar-refractivity contribution in [2.24, 2.45) is 5.92 Å². The summed E-state index contributed by atoms with van der Waals surface area (Å²) in [7, 11) is -3.40. The highest BCUT2D eigenvalue weighted by molar-refractivity contribution is 9.10. The van der Waals surface area contributed by atoms with Crippen molar-refractivity contribution >= 4 is 54.9 Å². The molecule has 0 aliphatic carbocycles. The number of hydrogen-bond donors (Lipinski definition) is 1. The van der Waals surface area contributed by atoms with Crippen molar-refractivity contribution in [2.75, 3.05) is 29.8 Å². The molecule has 4 rings (SSSR count). The van der Waals surface area contributed by atoms with Gasteiger partial charge in [-0.25, -0.2) is 27.0 Å². The molecule has 1 N–H and O–H groups in total. The van der Waals surface area contributed by atoms with Crippen molar-refractivity contribution in [3.05, 3.63) is 68.5 Å². The highest BCUT2D eigenvalue weighted by Crippen LogP contribution is 2.37. The summed E-state index contributed by atoms with van der Waals surface area (Å²) in [4.78, 5) is 17.8. The molecule has 1 amide bonds. The zero-order valence-electron chi connectivity index (χ0n) is 24.8. The number of hydrogen-bond acceptors (Lipinski definition) is 9. The zero-order chi connectivity index (χ0) is 31.7. The van der Waals surface area contributed by atoms with E-state index in [4.69, 9.17) is 9.47 Å². The maximum Gasteiger partial charge on any atom is 0.430 e. The molecule has 3 aromatic rings. The molecular weight excluding hydrogens is 666 g/mol. The molecule has 0 saturated carbocycles. The van der Waals surface area contributed by atoms with Crippen LogP contribution in [0, 0.1) is 17.6 Å². The van der Waals surface area contributed by atoms with Crippen molar-refractivity contribution < 1.29 is 31.5 Å². The van der Waals surface area contributed by atoms with E-state index in [1.54, 1.807) is 7.11 Å². The molecule has 2 aromatic carbocycles. The Kier molecular flexibility index (Phi) is 9.86. The largest absolute Gasteiger partial charge is 0.443 e. The summed E-state index contributed by atoms with van der Waals surface area (Å²) in [5.41, 5.74) is 1.97. The van der Waals surface area contributed by atoms with Gasteiger partial charge in [0, 0.05) is 44.6 Å². The van der Waals surface area contributed by atoms with E-state index < -0.39 is 38.2 Å². The number of benzene rings is 2. The average molecular weight is 702 g/mol. The summed E-state index contributed by atoms with van der Waals surface area (Å²) in [6.45, 7) is 11.5. The Hall–Kier alpha value is -2.65. The first-order valence-corrected chi connectivity index (χ1v) is 16.6. The van der Waals surface area contributed by atoms with Crippen molar-refractivity contribution in [2.45, 2.75) is 63.8 Å². The number of methoxy groups -OCH3 is 1. The van der Waals surface area contributed by atoms with Crippen LogP contribution in [0.2, 0.25) is 0 Å². The summed E-state index contributed by atoms with van der Waals surface area (Å²) in [6, 6.07) is 8.61. The number of aromatic nitrogens is 1. The Balaban J connectivity index is 1.56. The number of nitrogens with zero attached hydrogens (tertiary/aromatic N) is 3. The zero-order valence-corrected chi connectivity index (χ0v) is 28.0. The van der Waals surface area contributed by atoms with Crippen molar-refractivity contribution in [1.29, 1.82) is 0 Å². The van der Waals surface area contributed by atoms with Gasteiger partial charge in [0.1, 0.15) is 11.4 Å². The predicted molar refractivity (Wildman–Crippen MR) is 166 cm³/mol. The van der Waals surface area contributed by atoms with Gasteiger partial charge in [0.05, 0.1) is 21.3 Å². The highest BCUT2D eigenvalue weighted by atomic mass is 79.9. The maximum atomic E-state index is 15.7. The lowest BCUT2D eigenvalue weighted by molar-refractivity contribution is -0.0901. The number of carbonyl (C=O) groups excluding carboxylic acids is 1.